The molecule has 16 heavy (non-hydrogen) atoms. The van der Waals surface area contributed by atoms with Crippen LogP contribution in [0.15, 0.2) is 0 Å². The molecule has 0 aromatic rings. The zero-order valence-corrected chi connectivity index (χ0v) is 11.4. The first-order valence-corrected chi connectivity index (χ1v) is 7.01. The Balaban J connectivity index is 1.75. The van der Waals surface area contributed by atoms with Crippen LogP contribution in [0.25, 0.3) is 0 Å². The Kier molecular flexibility index (Phi) is 3.91. The van der Waals surface area contributed by atoms with E-state index in [-0.39, 0.29) is 0 Å². The summed E-state index contributed by atoms with van der Waals surface area (Å²) in [6.07, 6.45) is 4.26. The molecule has 94 valence electrons. The largest absolute Gasteiger partial charge is 0.313 e. The van der Waals surface area contributed by atoms with Gasteiger partial charge in [-0.2, -0.15) is 0 Å². The quantitative estimate of drug-likeness (QED) is 0.788. The maximum Gasteiger partial charge on any atom is 0.0120 e. The lowest BCUT2D eigenvalue weighted by molar-refractivity contribution is 0.119. The summed E-state index contributed by atoms with van der Waals surface area (Å²) in [5, 5.41) is 3.82. The van der Waals surface area contributed by atoms with E-state index in [4.69, 9.17) is 0 Å². The molecule has 1 aliphatic carbocycles. The van der Waals surface area contributed by atoms with E-state index in [1.165, 1.54) is 32.4 Å². The Bertz CT molecular complexity index is 225. The Labute approximate surface area is 101 Å². The highest BCUT2D eigenvalue weighted by atomic mass is 15.2. The van der Waals surface area contributed by atoms with E-state index in [1.807, 2.05) is 0 Å². The fraction of sp³-hybridized carbons (Fsp3) is 1.00. The molecule has 2 fully saturated rings. The fourth-order valence-corrected chi connectivity index (χ4v) is 2.99. The topological polar surface area (TPSA) is 15.3 Å². The van der Waals surface area contributed by atoms with Gasteiger partial charge in [0.2, 0.25) is 0 Å². The molecule has 1 N–H and O–H groups in total. The minimum atomic E-state index is 0.741. The normalized spacial score (nSPS) is 38.6. The molecule has 0 aromatic carbocycles. The Morgan fingerprint density at radius 2 is 2.00 bits per heavy atom. The maximum atomic E-state index is 3.82. The second kappa shape index (κ2) is 5.05. The fourth-order valence-electron chi connectivity index (χ4n) is 2.99. The van der Waals surface area contributed by atoms with Crippen LogP contribution in [-0.4, -0.2) is 37.1 Å². The lowest BCUT2D eigenvalue weighted by Gasteiger charge is -2.40. The van der Waals surface area contributed by atoms with E-state index in [1.54, 1.807) is 0 Å². The Hall–Kier alpha value is -0.0800. The summed E-state index contributed by atoms with van der Waals surface area (Å²) in [4.78, 5) is 2.49. The van der Waals surface area contributed by atoms with Crippen molar-refractivity contribution in [2.45, 2.75) is 52.1 Å². The standard InChI is InChI=1S/C14H28N2/c1-10(13-5-6-13)8-15-14-7-12(3)16(4)9-11(14)2/h10-15H,5-9H2,1-4H3. The predicted molar refractivity (Wildman–Crippen MR) is 69.6 cm³/mol. The lowest BCUT2D eigenvalue weighted by Crippen LogP contribution is -2.51. The van der Waals surface area contributed by atoms with Crippen LogP contribution in [0.5, 0.6) is 0 Å². The number of piperidine rings is 1. The molecule has 0 spiro atoms. The van der Waals surface area contributed by atoms with E-state index in [9.17, 15) is 0 Å². The van der Waals surface area contributed by atoms with Gasteiger partial charge < -0.3 is 10.2 Å². The molecule has 4 atom stereocenters. The molecule has 2 heteroatoms. The number of hydrogen-bond acceptors (Lipinski definition) is 2. The van der Waals surface area contributed by atoms with Gasteiger partial charge in [0.15, 0.2) is 0 Å². The highest BCUT2D eigenvalue weighted by molar-refractivity contribution is 4.88. The van der Waals surface area contributed by atoms with Gasteiger partial charge in [0.1, 0.15) is 0 Å². The average molecular weight is 224 g/mol. The van der Waals surface area contributed by atoms with Gasteiger partial charge >= 0.3 is 0 Å². The molecule has 1 aliphatic heterocycles. The third-order valence-electron chi connectivity index (χ3n) is 4.74. The minimum Gasteiger partial charge on any atom is -0.313 e. The van der Waals surface area contributed by atoms with Crippen molar-refractivity contribution >= 4 is 0 Å². The molecule has 0 bridgehead atoms. The van der Waals surface area contributed by atoms with Crippen molar-refractivity contribution in [3.8, 4) is 0 Å². The zero-order chi connectivity index (χ0) is 11.7. The second-order valence-corrected chi connectivity index (χ2v) is 6.33. The van der Waals surface area contributed by atoms with E-state index < -0.39 is 0 Å². The molecular weight excluding hydrogens is 196 g/mol. The molecule has 0 radical (unpaired) electrons. The van der Waals surface area contributed by atoms with Gasteiger partial charge in [-0.25, -0.2) is 0 Å². The molecule has 4 unspecified atom stereocenters. The van der Waals surface area contributed by atoms with Crippen molar-refractivity contribution in [2.75, 3.05) is 20.1 Å². The van der Waals surface area contributed by atoms with Crippen LogP contribution in [0.2, 0.25) is 0 Å². The van der Waals surface area contributed by atoms with Crippen molar-refractivity contribution in [1.29, 1.82) is 0 Å². The van der Waals surface area contributed by atoms with Crippen molar-refractivity contribution in [2.24, 2.45) is 17.8 Å². The molecule has 1 saturated carbocycles. The molecule has 1 heterocycles. The summed E-state index contributed by atoms with van der Waals surface area (Å²) in [7, 11) is 2.25. The summed E-state index contributed by atoms with van der Waals surface area (Å²) in [5.41, 5.74) is 0. The molecule has 2 nitrogen and oxygen atoms in total. The van der Waals surface area contributed by atoms with E-state index in [0.717, 1.165) is 29.8 Å². The monoisotopic (exact) mass is 224 g/mol. The highest BCUT2D eigenvalue weighted by Crippen LogP contribution is 2.36. The number of nitrogens with zero attached hydrogens (tertiary/aromatic N) is 1. The highest BCUT2D eigenvalue weighted by Gasteiger charge is 2.31. The maximum absolute atomic E-state index is 3.82. The Morgan fingerprint density at radius 1 is 1.31 bits per heavy atom. The molecule has 2 rings (SSSR count). The van der Waals surface area contributed by atoms with Crippen LogP contribution in [0, 0.1) is 17.8 Å². The van der Waals surface area contributed by atoms with Gasteiger partial charge in [0.25, 0.3) is 0 Å². The van der Waals surface area contributed by atoms with Crippen LogP contribution in [-0.2, 0) is 0 Å². The predicted octanol–water partition coefficient (Wildman–Crippen LogP) is 2.35. The first kappa shape index (κ1) is 12.4. The van der Waals surface area contributed by atoms with Crippen LogP contribution < -0.4 is 5.32 Å². The number of likely N-dealkylation sites (tertiary alicyclic amines) is 1. The summed E-state index contributed by atoms with van der Waals surface area (Å²) in [5.74, 6) is 2.72. The molecule has 2 aliphatic rings. The first-order valence-electron chi connectivity index (χ1n) is 7.01. The third kappa shape index (κ3) is 2.98. The zero-order valence-electron chi connectivity index (χ0n) is 11.4. The van der Waals surface area contributed by atoms with E-state index in [0.29, 0.717) is 0 Å². The van der Waals surface area contributed by atoms with Crippen molar-refractivity contribution < 1.29 is 0 Å². The van der Waals surface area contributed by atoms with Gasteiger partial charge in [-0.3, -0.25) is 0 Å². The smallest absolute Gasteiger partial charge is 0.0120 e. The van der Waals surface area contributed by atoms with Crippen molar-refractivity contribution in [1.82, 2.24) is 10.2 Å². The van der Waals surface area contributed by atoms with Crippen molar-refractivity contribution in [3.63, 3.8) is 0 Å². The molecule has 0 aromatic heterocycles. The van der Waals surface area contributed by atoms with Gasteiger partial charge in [-0.15, -0.1) is 0 Å². The summed E-state index contributed by atoms with van der Waals surface area (Å²) >= 11 is 0. The first-order chi connectivity index (χ1) is 7.58. The van der Waals surface area contributed by atoms with Gasteiger partial charge in [0, 0.05) is 18.6 Å². The van der Waals surface area contributed by atoms with Gasteiger partial charge in [-0.05, 0) is 57.5 Å². The third-order valence-corrected chi connectivity index (χ3v) is 4.74. The van der Waals surface area contributed by atoms with Gasteiger partial charge in [0.05, 0.1) is 0 Å². The van der Waals surface area contributed by atoms with Gasteiger partial charge in [-0.1, -0.05) is 13.8 Å². The molecule has 0 amide bonds. The second-order valence-electron chi connectivity index (χ2n) is 6.33. The van der Waals surface area contributed by atoms with Crippen LogP contribution in [0.3, 0.4) is 0 Å². The SMILES string of the molecule is CC(CNC1CC(C)N(C)CC1C)C1CC1. The van der Waals surface area contributed by atoms with E-state index >= 15 is 0 Å². The summed E-state index contributed by atoms with van der Waals surface area (Å²) in [6, 6.07) is 1.48. The minimum absolute atomic E-state index is 0.741. The van der Waals surface area contributed by atoms with Crippen molar-refractivity contribution in [3.05, 3.63) is 0 Å². The molecular formula is C14H28N2. The summed E-state index contributed by atoms with van der Waals surface area (Å²) < 4.78 is 0. The van der Waals surface area contributed by atoms with Crippen LogP contribution in [0.1, 0.15) is 40.0 Å². The summed E-state index contributed by atoms with van der Waals surface area (Å²) in [6.45, 7) is 9.63. The van der Waals surface area contributed by atoms with Crippen LogP contribution in [0.4, 0.5) is 0 Å². The Morgan fingerprint density at radius 3 is 2.62 bits per heavy atom. The number of rotatable bonds is 4. The number of nitrogens with one attached hydrogen (secondary N) is 1. The lowest BCUT2D eigenvalue weighted by atomic mass is 9.89. The average Bonchev–Trinajstić information content (AvgIpc) is 3.04. The van der Waals surface area contributed by atoms with E-state index in [2.05, 4.69) is 38.0 Å². The van der Waals surface area contributed by atoms with Crippen LogP contribution >= 0.6 is 0 Å². The number of hydrogen-bond donors (Lipinski definition) is 1. The molecule has 1 saturated heterocycles.